The van der Waals surface area contributed by atoms with Gasteiger partial charge in [-0.2, -0.15) is 12.8 Å². The minimum atomic E-state index is 0. The van der Waals surface area contributed by atoms with Crippen molar-refractivity contribution in [3.05, 3.63) is 13.8 Å². The van der Waals surface area contributed by atoms with Gasteiger partial charge in [-0.1, -0.05) is 51.4 Å². The minimum Gasteiger partial charge on any atom is -0.343 e. The van der Waals surface area contributed by atoms with Crippen molar-refractivity contribution in [2.24, 2.45) is 0 Å². The van der Waals surface area contributed by atoms with E-state index in [2.05, 4.69) is 13.8 Å². The maximum atomic E-state index is 3.84. The van der Waals surface area contributed by atoms with Crippen LogP contribution in [0, 0.1) is 13.8 Å². The first-order chi connectivity index (χ1) is 5.91. The van der Waals surface area contributed by atoms with Crippen molar-refractivity contribution in [1.29, 1.82) is 0 Å². The molecule has 13 heavy (non-hydrogen) atoms. The molecule has 74 valence electrons. The Balaban J connectivity index is 0. The van der Waals surface area contributed by atoms with Gasteiger partial charge in [0.15, 0.2) is 0 Å². The van der Waals surface area contributed by atoms with E-state index in [9.17, 15) is 0 Å². The van der Waals surface area contributed by atoms with Crippen LogP contribution in [0.4, 0.5) is 0 Å². The van der Waals surface area contributed by atoms with Gasteiger partial charge in [0.25, 0.3) is 0 Å². The molecule has 0 aliphatic heterocycles. The summed E-state index contributed by atoms with van der Waals surface area (Å²) in [5.41, 5.74) is 0. The Kier molecular flexibility index (Phi) is 19.0. The van der Waals surface area contributed by atoms with Crippen LogP contribution in [-0.4, -0.2) is 23.1 Å². The zero-order chi connectivity index (χ0) is 9.07. The molecule has 0 aliphatic rings. The minimum absolute atomic E-state index is 0. The average Bonchev–Trinajstić information content (AvgIpc) is 2.10. The molecule has 0 unspecified atom stereocenters. The molecule has 0 rings (SSSR count). The predicted octanol–water partition coefficient (Wildman–Crippen LogP) is 4.17. The van der Waals surface area contributed by atoms with E-state index in [0.29, 0.717) is 0 Å². The largest absolute Gasteiger partial charge is 2.00 e. The molecule has 0 spiro atoms. The van der Waals surface area contributed by atoms with Crippen molar-refractivity contribution in [2.75, 3.05) is 0 Å². The van der Waals surface area contributed by atoms with E-state index in [1.807, 2.05) is 0 Å². The molecule has 0 saturated heterocycles. The molecule has 0 heterocycles. The second-order valence-electron chi connectivity index (χ2n) is 3.54. The predicted molar refractivity (Wildman–Crippen MR) is 62.6 cm³/mol. The topological polar surface area (TPSA) is 0 Å². The Morgan fingerprint density at radius 2 is 0.692 bits per heavy atom. The summed E-state index contributed by atoms with van der Waals surface area (Å²) in [5.74, 6) is 0. The first-order valence-corrected chi connectivity index (χ1v) is 5.50. The molecule has 0 amide bonds. The molecule has 0 aliphatic carbocycles. The molecule has 0 fully saturated rings. The fourth-order valence-corrected chi connectivity index (χ4v) is 1.41. The molecule has 0 bridgehead atoms. The van der Waals surface area contributed by atoms with E-state index in [0.717, 1.165) is 12.8 Å². The Labute approximate surface area is 101 Å². The Bertz CT molecular complexity index is 61.5. The molecule has 0 aromatic carbocycles. The van der Waals surface area contributed by atoms with Crippen molar-refractivity contribution >= 4 is 23.1 Å². The molecule has 0 saturated carbocycles. The molecule has 0 N–H and O–H groups in total. The van der Waals surface area contributed by atoms with Gasteiger partial charge in [-0.25, -0.2) is 0 Å². The van der Waals surface area contributed by atoms with Crippen LogP contribution in [0.2, 0.25) is 0 Å². The summed E-state index contributed by atoms with van der Waals surface area (Å²) >= 11 is 0. The molecule has 1 heteroatoms. The quantitative estimate of drug-likeness (QED) is 0.292. The maximum Gasteiger partial charge on any atom is 2.00 e. The van der Waals surface area contributed by atoms with Gasteiger partial charge in [0, 0.05) is 0 Å². The number of rotatable bonds is 9. The van der Waals surface area contributed by atoms with Crippen molar-refractivity contribution in [3.8, 4) is 0 Å². The van der Waals surface area contributed by atoms with E-state index in [-0.39, 0.29) is 23.1 Å². The van der Waals surface area contributed by atoms with Crippen molar-refractivity contribution in [2.45, 2.75) is 64.2 Å². The van der Waals surface area contributed by atoms with E-state index < -0.39 is 0 Å². The standard InChI is InChI=1S/C12H24.Mg/c1-3-5-7-9-11-12-10-8-6-4-2;/h1-12H2;/q-2;+2. The summed E-state index contributed by atoms with van der Waals surface area (Å²) in [6, 6.07) is 0. The first kappa shape index (κ1) is 16.2. The van der Waals surface area contributed by atoms with Gasteiger partial charge in [-0.05, 0) is 0 Å². The van der Waals surface area contributed by atoms with Crippen LogP contribution in [0.15, 0.2) is 0 Å². The molecule has 0 aromatic rings. The summed E-state index contributed by atoms with van der Waals surface area (Å²) in [6.07, 6.45) is 13.3. The normalized spacial score (nSPS) is 9.69. The van der Waals surface area contributed by atoms with Gasteiger partial charge < -0.3 is 13.8 Å². The smallest absolute Gasteiger partial charge is 0.343 e. The summed E-state index contributed by atoms with van der Waals surface area (Å²) in [5, 5.41) is 0. The number of unbranched alkanes of at least 4 members (excludes halogenated alkanes) is 9. The molecular formula is C12H24Mg. The van der Waals surface area contributed by atoms with E-state index in [1.54, 1.807) is 0 Å². The zero-order valence-electron chi connectivity index (χ0n) is 9.19. The van der Waals surface area contributed by atoms with Gasteiger partial charge >= 0.3 is 23.1 Å². The summed E-state index contributed by atoms with van der Waals surface area (Å²) < 4.78 is 0. The fourth-order valence-electron chi connectivity index (χ4n) is 1.41. The van der Waals surface area contributed by atoms with E-state index >= 15 is 0 Å². The third kappa shape index (κ3) is 15.5. The molecule has 0 radical (unpaired) electrons. The second-order valence-corrected chi connectivity index (χ2v) is 3.54. The van der Waals surface area contributed by atoms with Gasteiger partial charge in [0.05, 0.1) is 0 Å². The molecular weight excluding hydrogens is 168 g/mol. The van der Waals surface area contributed by atoms with Crippen molar-refractivity contribution in [3.63, 3.8) is 0 Å². The molecule has 0 atom stereocenters. The first-order valence-electron chi connectivity index (χ1n) is 5.50. The SMILES string of the molecule is [CH2-]CCCCCCCCCC[CH2-].[Mg+2]. The number of hydrogen-bond donors (Lipinski definition) is 0. The van der Waals surface area contributed by atoms with Gasteiger partial charge in [0.2, 0.25) is 0 Å². The van der Waals surface area contributed by atoms with E-state index in [4.69, 9.17) is 0 Å². The van der Waals surface area contributed by atoms with Gasteiger partial charge in [-0.3, -0.25) is 0 Å². The Hall–Kier alpha value is 0.766. The fraction of sp³-hybridized carbons (Fsp3) is 0.833. The van der Waals surface area contributed by atoms with Gasteiger partial charge in [-0.15, -0.1) is 0 Å². The van der Waals surface area contributed by atoms with Crippen LogP contribution in [-0.2, 0) is 0 Å². The average molecular weight is 193 g/mol. The van der Waals surface area contributed by atoms with Gasteiger partial charge in [0.1, 0.15) is 0 Å². The van der Waals surface area contributed by atoms with E-state index in [1.165, 1.54) is 51.4 Å². The van der Waals surface area contributed by atoms with Crippen LogP contribution in [0.3, 0.4) is 0 Å². The van der Waals surface area contributed by atoms with Crippen LogP contribution in [0.1, 0.15) is 64.2 Å². The van der Waals surface area contributed by atoms with Crippen molar-refractivity contribution < 1.29 is 0 Å². The number of hydrogen-bond acceptors (Lipinski definition) is 0. The monoisotopic (exact) mass is 192 g/mol. The van der Waals surface area contributed by atoms with Crippen LogP contribution in [0.25, 0.3) is 0 Å². The summed E-state index contributed by atoms with van der Waals surface area (Å²) in [6.45, 7) is 7.67. The Morgan fingerprint density at radius 3 is 0.923 bits per heavy atom. The molecule has 0 nitrogen and oxygen atoms in total. The second kappa shape index (κ2) is 15.2. The van der Waals surface area contributed by atoms with Crippen LogP contribution >= 0.6 is 0 Å². The maximum absolute atomic E-state index is 3.84. The Morgan fingerprint density at radius 1 is 0.462 bits per heavy atom. The summed E-state index contributed by atoms with van der Waals surface area (Å²) in [4.78, 5) is 0. The van der Waals surface area contributed by atoms with Crippen molar-refractivity contribution in [1.82, 2.24) is 0 Å². The van der Waals surface area contributed by atoms with Crippen LogP contribution in [0.5, 0.6) is 0 Å². The van der Waals surface area contributed by atoms with Crippen LogP contribution < -0.4 is 0 Å². The summed E-state index contributed by atoms with van der Waals surface area (Å²) in [7, 11) is 0. The molecule has 0 aromatic heterocycles. The third-order valence-electron chi connectivity index (χ3n) is 2.25. The zero-order valence-corrected chi connectivity index (χ0v) is 10.6. The third-order valence-corrected chi connectivity index (χ3v) is 2.25.